The molecular weight excluding hydrogens is 550 g/mol. The van der Waals surface area contributed by atoms with Gasteiger partial charge in [-0.1, -0.05) is 6.07 Å². The minimum Gasteiger partial charge on any atom is -0.508 e. The van der Waals surface area contributed by atoms with Gasteiger partial charge in [-0.15, -0.1) is 0 Å². The molecule has 0 bridgehead atoms. The van der Waals surface area contributed by atoms with Crippen molar-refractivity contribution < 1.29 is 33.6 Å². The number of aromatic carboxylic acids is 1. The van der Waals surface area contributed by atoms with E-state index in [0.29, 0.717) is 91.2 Å². The smallest absolute Gasteiger partial charge is 0.336 e. The molecule has 0 radical (unpaired) electrons. The van der Waals surface area contributed by atoms with E-state index in [-0.39, 0.29) is 22.5 Å². The largest absolute Gasteiger partial charge is 0.508 e. The molecule has 0 saturated heterocycles. The van der Waals surface area contributed by atoms with Crippen molar-refractivity contribution in [2.75, 3.05) is 58.0 Å². The third kappa shape index (κ3) is 7.99. The first-order valence-electron chi connectivity index (χ1n) is 12.9. The lowest BCUT2D eigenvalue weighted by Gasteiger charge is -2.18. The number of thiocarbonyl (C=S) groups is 1. The number of anilines is 1. The first-order valence-corrected chi connectivity index (χ1v) is 13.3. The van der Waals surface area contributed by atoms with Crippen LogP contribution in [-0.4, -0.2) is 74.0 Å². The Balaban J connectivity index is 1.43. The number of rotatable bonds is 14. The van der Waals surface area contributed by atoms with Gasteiger partial charge in [0.1, 0.15) is 17.1 Å². The predicted molar refractivity (Wildman–Crippen MR) is 159 cm³/mol. The van der Waals surface area contributed by atoms with Crippen LogP contribution < -0.4 is 21.8 Å². The van der Waals surface area contributed by atoms with Crippen LogP contribution in [-0.2, 0) is 14.2 Å². The van der Waals surface area contributed by atoms with E-state index in [1.54, 1.807) is 24.3 Å². The molecule has 0 atom stereocenters. The van der Waals surface area contributed by atoms with Crippen molar-refractivity contribution in [3.63, 3.8) is 0 Å². The summed E-state index contributed by atoms with van der Waals surface area (Å²) in [5.41, 5.74) is 7.43. The number of ether oxygens (including phenoxy) is 3. The molecule has 0 aromatic heterocycles. The van der Waals surface area contributed by atoms with Crippen molar-refractivity contribution in [3.8, 4) is 28.2 Å². The highest BCUT2D eigenvalue weighted by Crippen LogP contribution is 2.42. The lowest BCUT2D eigenvalue weighted by atomic mass is 9.90. The van der Waals surface area contributed by atoms with Crippen molar-refractivity contribution in [2.24, 2.45) is 5.73 Å². The number of phenolic OH excluding ortho intramolecular Hbond substituents is 1. The van der Waals surface area contributed by atoms with Gasteiger partial charge in [0.15, 0.2) is 10.5 Å². The van der Waals surface area contributed by atoms with Crippen LogP contribution >= 0.6 is 12.2 Å². The summed E-state index contributed by atoms with van der Waals surface area (Å²) in [6.07, 6.45) is 0. The maximum Gasteiger partial charge on any atom is 0.336 e. The van der Waals surface area contributed by atoms with Crippen molar-refractivity contribution in [1.82, 2.24) is 5.32 Å². The molecule has 1 aliphatic carbocycles. The molecule has 0 saturated carbocycles. The number of carboxylic acids is 1. The maximum absolute atomic E-state index is 12.4. The number of phenols is 1. The fraction of sp³-hybridized carbons (Fsp3) is 0.276. The molecule has 11 nitrogen and oxygen atoms in total. The fourth-order valence-electron chi connectivity index (χ4n) is 4.20. The average molecular weight is 582 g/mol. The van der Waals surface area contributed by atoms with Crippen LogP contribution in [0.15, 0.2) is 63.8 Å². The number of aromatic hydroxyl groups is 1. The molecule has 4 rings (SSSR count). The summed E-state index contributed by atoms with van der Waals surface area (Å²) in [7, 11) is 0. The summed E-state index contributed by atoms with van der Waals surface area (Å²) in [4.78, 5) is 24.4. The molecule has 216 valence electrons. The summed E-state index contributed by atoms with van der Waals surface area (Å²) in [5, 5.41) is 27.0. The van der Waals surface area contributed by atoms with E-state index >= 15 is 0 Å². The second-order valence-corrected chi connectivity index (χ2v) is 9.30. The second kappa shape index (κ2) is 14.5. The third-order valence-electron chi connectivity index (χ3n) is 5.99. The van der Waals surface area contributed by atoms with Crippen molar-refractivity contribution >= 4 is 40.0 Å². The Kier molecular flexibility index (Phi) is 10.6. The monoisotopic (exact) mass is 581 g/mol. The molecular formula is C29H31N3O8S. The van der Waals surface area contributed by atoms with E-state index in [0.717, 1.165) is 0 Å². The molecule has 0 fully saturated rings. The normalized spacial score (nSPS) is 11.1. The first kappa shape index (κ1) is 29.9. The molecule has 2 aromatic rings. The lowest BCUT2D eigenvalue weighted by Crippen LogP contribution is -2.31. The average Bonchev–Trinajstić information content (AvgIpc) is 2.94. The summed E-state index contributed by atoms with van der Waals surface area (Å²) >= 11 is 5.35. The third-order valence-corrected chi connectivity index (χ3v) is 6.24. The summed E-state index contributed by atoms with van der Waals surface area (Å²) in [6, 6.07) is 13.8. The molecule has 1 aliphatic heterocycles. The quantitative estimate of drug-likeness (QED) is 0.0840. The molecule has 41 heavy (non-hydrogen) atoms. The topological polar surface area (TPSA) is 166 Å². The molecule has 0 spiro atoms. The molecule has 1 heterocycles. The molecule has 2 aromatic carbocycles. The number of fused-ring (bicyclic) bond motifs is 2. The van der Waals surface area contributed by atoms with Gasteiger partial charge in [0.05, 0.1) is 45.2 Å². The van der Waals surface area contributed by atoms with Crippen LogP contribution in [0.25, 0.3) is 33.4 Å². The standard InChI is InChI=1S/C29H31N3O8S/c30-7-9-37-11-13-39-14-12-38-10-8-31-29(41)32-18-1-4-21(24(15-18)28(35)36)27-22-5-2-19(33)16-25(22)40-26-17-20(34)3-6-23(26)27/h1-6,15-17,33H,7-14,30H2,(H,35,36)(H2,31,32,41). The molecule has 0 amide bonds. The highest BCUT2D eigenvalue weighted by atomic mass is 32.1. The van der Waals surface area contributed by atoms with Gasteiger partial charge in [-0.05, 0) is 54.2 Å². The van der Waals surface area contributed by atoms with Crippen molar-refractivity contribution in [3.05, 3.63) is 70.4 Å². The van der Waals surface area contributed by atoms with E-state index in [2.05, 4.69) is 10.6 Å². The zero-order valence-corrected chi connectivity index (χ0v) is 23.0. The summed E-state index contributed by atoms with van der Waals surface area (Å²) in [6.45, 7) is 3.66. The Morgan fingerprint density at radius 2 is 1.61 bits per heavy atom. The van der Waals surface area contributed by atoms with E-state index in [9.17, 15) is 19.8 Å². The van der Waals surface area contributed by atoms with Crippen LogP contribution in [0.1, 0.15) is 10.4 Å². The summed E-state index contributed by atoms with van der Waals surface area (Å²) < 4.78 is 22.0. The Morgan fingerprint density at radius 3 is 2.34 bits per heavy atom. The van der Waals surface area contributed by atoms with Crippen LogP contribution in [0.3, 0.4) is 0 Å². The number of hydrogen-bond acceptors (Lipinski definition) is 9. The highest BCUT2D eigenvalue weighted by molar-refractivity contribution is 7.80. The number of nitrogens with one attached hydrogen (secondary N) is 2. The van der Waals surface area contributed by atoms with Gasteiger partial charge in [-0.2, -0.15) is 0 Å². The van der Waals surface area contributed by atoms with Crippen LogP contribution in [0, 0.1) is 0 Å². The zero-order chi connectivity index (χ0) is 29.2. The molecule has 2 aliphatic rings. The zero-order valence-electron chi connectivity index (χ0n) is 22.2. The van der Waals surface area contributed by atoms with Gasteiger partial charge in [-0.3, -0.25) is 4.79 Å². The van der Waals surface area contributed by atoms with E-state index in [1.165, 1.54) is 30.3 Å². The van der Waals surface area contributed by atoms with Crippen molar-refractivity contribution in [2.45, 2.75) is 0 Å². The van der Waals surface area contributed by atoms with Gasteiger partial charge in [0, 0.05) is 47.4 Å². The number of carboxylic acid groups (broad SMARTS) is 1. The molecule has 6 N–H and O–H groups in total. The Labute approximate surface area is 241 Å². The fourth-order valence-corrected chi connectivity index (χ4v) is 4.42. The van der Waals surface area contributed by atoms with Crippen LogP contribution in [0.4, 0.5) is 5.69 Å². The SMILES string of the molecule is NCCOCCOCCOCCNC(=S)Nc1ccc(-c2c3ccc(=O)cc-3oc3cc(O)ccc23)c(C(=O)O)c1. The molecule has 0 unspecified atom stereocenters. The minimum atomic E-state index is -1.15. The Bertz CT molecular complexity index is 1540. The second-order valence-electron chi connectivity index (χ2n) is 8.89. The Hall–Kier alpha value is -4.07. The van der Waals surface area contributed by atoms with E-state index < -0.39 is 5.97 Å². The number of benzene rings is 3. The van der Waals surface area contributed by atoms with Gasteiger partial charge in [0.25, 0.3) is 0 Å². The van der Waals surface area contributed by atoms with E-state index in [4.69, 9.17) is 36.6 Å². The minimum absolute atomic E-state index is 0.0163. The van der Waals surface area contributed by atoms with Gasteiger partial charge in [-0.25, -0.2) is 4.79 Å². The molecule has 12 heteroatoms. The Morgan fingerprint density at radius 1 is 0.902 bits per heavy atom. The van der Waals surface area contributed by atoms with Crippen LogP contribution in [0.2, 0.25) is 0 Å². The number of hydrogen-bond donors (Lipinski definition) is 5. The van der Waals surface area contributed by atoms with Crippen LogP contribution in [0.5, 0.6) is 5.75 Å². The van der Waals surface area contributed by atoms with Crippen molar-refractivity contribution in [1.29, 1.82) is 0 Å². The van der Waals surface area contributed by atoms with E-state index in [1.807, 2.05) is 0 Å². The first-order chi connectivity index (χ1) is 19.9. The van der Waals surface area contributed by atoms with Gasteiger partial charge < -0.3 is 45.2 Å². The number of carbonyl (C=O) groups is 1. The van der Waals surface area contributed by atoms with Gasteiger partial charge >= 0.3 is 5.97 Å². The lowest BCUT2D eigenvalue weighted by molar-refractivity contribution is 0.0170. The number of nitrogens with two attached hydrogens (primary N) is 1. The highest BCUT2D eigenvalue weighted by Gasteiger charge is 2.22. The summed E-state index contributed by atoms with van der Waals surface area (Å²) in [5.74, 6) is -0.892. The van der Waals surface area contributed by atoms with Gasteiger partial charge in [0.2, 0.25) is 0 Å². The maximum atomic E-state index is 12.4. The predicted octanol–water partition coefficient (Wildman–Crippen LogP) is 3.26.